The summed E-state index contributed by atoms with van der Waals surface area (Å²) in [7, 11) is -2.39. The molecule has 1 N–H and O–H groups in total. The summed E-state index contributed by atoms with van der Waals surface area (Å²) < 4.78 is 59.2. The number of hydrogen-bond donors (Lipinski definition) is 1. The Kier molecular flexibility index (Phi) is 6.90. The molecule has 0 radical (unpaired) electrons. The molecule has 2 aromatic rings. The van der Waals surface area contributed by atoms with Gasteiger partial charge in [-0.05, 0) is 69.9 Å². The van der Waals surface area contributed by atoms with Crippen LogP contribution in [-0.2, 0) is 24.8 Å². The van der Waals surface area contributed by atoms with E-state index >= 15 is 0 Å². The van der Waals surface area contributed by atoms with Gasteiger partial charge in [0, 0.05) is 12.6 Å². The topological polar surface area (TPSA) is 113 Å². The zero-order valence-corrected chi connectivity index (χ0v) is 20.9. The number of sulfonamides is 2. The van der Waals surface area contributed by atoms with Crippen molar-refractivity contribution in [1.29, 1.82) is 0 Å². The van der Waals surface area contributed by atoms with Gasteiger partial charge < -0.3 is 9.64 Å². The molecule has 9 nitrogen and oxygen atoms in total. The molecule has 0 saturated carbocycles. The first-order chi connectivity index (χ1) is 15.3. The van der Waals surface area contributed by atoms with Gasteiger partial charge >= 0.3 is 0 Å². The largest absolute Gasteiger partial charge is 0.497 e. The van der Waals surface area contributed by atoms with Crippen LogP contribution in [0.2, 0.25) is 0 Å². The summed E-state index contributed by atoms with van der Waals surface area (Å²) in [5.41, 5.74) is 0.00137. The van der Waals surface area contributed by atoms with E-state index in [2.05, 4.69) is 4.72 Å². The van der Waals surface area contributed by atoms with Crippen molar-refractivity contribution < 1.29 is 26.4 Å². The fourth-order valence-corrected chi connectivity index (χ4v) is 6.86. The van der Waals surface area contributed by atoms with Crippen molar-refractivity contribution in [1.82, 2.24) is 9.62 Å². The molecule has 180 valence electrons. The number of likely N-dealkylation sites (N-methyl/N-ethyl adjacent to an activating group) is 1. The van der Waals surface area contributed by atoms with E-state index in [-0.39, 0.29) is 28.9 Å². The van der Waals surface area contributed by atoms with Gasteiger partial charge in [-0.3, -0.25) is 4.79 Å². The van der Waals surface area contributed by atoms with Crippen LogP contribution in [0.4, 0.5) is 5.69 Å². The number of rotatable bonds is 8. The standard InChI is InChI=1S/C22H29N3O6S2/c1-22(2)15-32(27,28)25(21(22)26)17-8-12-19(13-9-17)33(29,30)23-14-20(24(3)4)16-6-10-18(31-5)11-7-16/h6-13,20,23H,14-15H2,1-5H3/t20-/m0/s1. The normalized spacial score (nSPS) is 18.5. The highest BCUT2D eigenvalue weighted by Crippen LogP contribution is 2.36. The van der Waals surface area contributed by atoms with Gasteiger partial charge in [0.25, 0.3) is 0 Å². The van der Waals surface area contributed by atoms with Crippen molar-refractivity contribution in [3.8, 4) is 5.75 Å². The Morgan fingerprint density at radius 2 is 1.67 bits per heavy atom. The Hall–Kier alpha value is -2.47. The average Bonchev–Trinajstić information content (AvgIpc) is 2.90. The van der Waals surface area contributed by atoms with Crippen molar-refractivity contribution in [2.75, 3.05) is 37.8 Å². The lowest BCUT2D eigenvalue weighted by molar-refractivity contribution is -0.123. The van der Waals surface area contributed by atoms with Crippen LogP contribution in [0.3, 0.4) is 0 Å². The maximum atomic E-state index is 12.9. The molecule has 11 heteroatoms. The SMILES string of the molecule is COc1ccc([C@H](CNS(=O)(=O)c2ccc(N3C(=O)C(C)(C)CS3(=O)=O)cc2)N(C)C)cc1. The van der Waals surface area contributed by atoms with Gasteiger partial charge in [0.05, 0.1) is 28.9 Å². The van der Waals surface area contributed by atoms with E-state index in [1.54, 1.807) is 21.0 Å². The van der Waals surface area contributed by atoms with Gasteiger partial charge in [-0.25, -0.2) is 25.9 Å². The lowest BCUT2D eigenvalue weighted by Crippen LogP contribution is -2.34. The molecule has 0 unspecified atom stereocenters. The Balaban J connectivity index is 1.78. The van der Waals surface area contributed by atoms with E-state index in [1.165, 1.54) is 24.3 Å². The number of carbonyl (C=O) groups is 1. The monoisotopic (exact) mass is 495 g/mol. The second-order valence-corrected chi connectivity index (χ2v) is 12.4. The molecule has 0 aromatic heterocycles. The number of anilines is 1. The number of methoxy groups -OCH3 is 1. The van der Waals surface area contributed by atoms with Crippen LogP contribution < -0.4 is 13.8 Å². The Morgan fingerprint density at radius 1 is 1.09 bits per heavy atom. The number of nitrogens with zero attached hydrogens (tertiary/aromatic N) is 2. The van der Waals surface area contributed by atoms with Gasteiger partial charge in [0.1, 0.15) is 5.75 Å². The van der Waals surface area contributed by atoms with Crippen LogP contribution >= 0.6 is 0 Å². The third kappa shape index (κ3) is 5.21. The number of carbonyl (C=O) groups excluding carboxylic acids is 1. The van der Waals surface area contributed by atoms with E-state index in [9.17, 15) is 21.6 Å². The smallest absolute Gasteiger partial charge is 0.247 e. The number of ether oxygens (including phenoxy) is 1. The zero-order valence-electron chi connectivity index (χ0n) is 19.3. The minimum Gasteiger partial charge on any atom is -0.497 e. The summed E-state index contributed by atoms with van der Waals surface area (Å²) >= 11 is 0. The predicted octanol–water partition coefficient (Wildman–Crippen LogP) is 1.98. The molecule has 1 aliphatic rings. The van der Waals surface area contributed by atoms with Crippen LogP contribution in [0.1, 0.15) is 25.5 Å². The van der Waals surface area contributed by atoms with Gasteiger partial charge in [-0.15, -0.1) is 0 Å². The average molecular weight is 496 g/mol. The highest BCUT2D eigenvalue weighted by Gasteiger charge is 2.49. The van der Waals surface area contributed by atoms with Crippen molar-refractivity contribution in [2.45, 2.75) is 24.8 Å². The summed E-state index contributed by atoms with van der Waals surface area (Å²) in [6.45, 7) is 3.26. The molecule has 1 aliphatic heterocycles. The first-order valence-corrected chi connectivity index (χ1v) is 13.4. The molecule has 1 fully saturated rings. The van der Waals surface area contributed by atoms with Crippen molar-refractivity contribution in [2.24, 2.45) is 5.41 Å². The Morgan fingerprint density at radius 3 is 2.12 bits per heavy atom. The van der Waals surface area contributed by atoms with Gasteiger partial charge in [-0.2, -0.15) is 0 Å². The summed E-state index contributed by atoms with van der Waals surface area (Å²) in [6.07, 6.45) is 0. The molecule has 0 spiro atoms. The molecule has 0 aliphatic carbocycles. The fourth-order valence-electron chi connectivity index (χ4n) is 3.72. The van der Waals surface area contributed by atoms with Crippen molar-refractivity contribution >= 4 is 31.6 Å². The third-order valence-electron chi connectivity index (χ3n) is 5.56. The van der Waals surface area contributed by atoms with Gasteiger partial charge in [0.2, 0.25) is 26.0 Å². The Bertz CT molecular complexity index is 1220. The zero-order chi connectivity index (χ0) is 24.6. The number of hydrogen-bond acceptors (Lipinski definition) is 7. The quantitative estimate of drug-likeness (QED) is 0.596. The second-order valence-electron chi connectivity index (χ2n) is 8.81. The fraction of sp³-hybridized carbons (Fsp3) is 0.409. The number of amides is 1. The molecule has 1 saturated heterocycles. The van der Waals surface area contributed by atoms with E-state index < -0.39 is 31.4 Å². The van der Waals surface area contributed by atoms with E-state index in [0.29, 0.717) is 5.75 Å². The molecule has 1 amide bonds. The van der Waals surface area contributed by atoms with Crippen LogP contribution in [0.15, 0.2) is 53.4 Å². The van der Waals surface area contributed by atoms with E-state index in [4.69, 9.17) is 4.74 Å². The number of nitrogens with one attached hydrogen (secondary N) is 1. The summed E-state index contributed by atoms with van der Waals surface area (Å²) in [4.78, 5) is 14.4. The van der Waals surface area contributed by atoms with E-state index in [0.717, 1.165) is 9.87 Å². The molecular formula is C22H29N3O6S2. The summed E-state index contributed by atoms with van der Waals surface area (Å²) in [5, 5.41) is 0. The molecular weight excluding hydrogens is 466 g/mol. The van der Waals surface area contributed by atoms with Crippen LogP contribution in [-0.4, -0.2) is 61.1 Å². The lowest BCUT2D eigenvalue weighted by atomic mass is 9.95. The summed E-state index contributed by atoms with van der Waals surface area (Å²) in [5.74, 6) is -0.124. The molecule has 3 rings (SSSR count). The van der Waals surface area contributed by atoms with Crippen LogP contribution in [0.5, 0.6) is 5.75 Å². The van der Waals surface area contributed by atoms with Crippen LogP contribution in [0.25, 0.3) is 0 Å². The van der Waals surface area contributed by atoms with Crippen molar-refractivity contribution in [3.05, 3.63) is 54.1 Å². The molecule has 1 atom stereocenters. The van der Waals surface area contributed by atoms with Crippen LogP contribution in [0, 0.1) is 5.41 Å². The third-order valence-corrected chi connectivity index (χ3v) is 9.02. The first kappa shape index (κ1) is 25.2. The molecule has 0 bridgehead atoms. The molecule has 2 aromatic carbocycles. The highest BCUT2D eigenvalue weighted by molar-refractivity contribution is 7.94. The van der Waals surface area contributed by atoms with E-state index in [1.807, 2.05) is 43.3 Å². The van der Waals surface area contributed by atoms with Gasteiger partial charge in [0.15, 0.2) is 0 Å². The lowest BCUT2D eigenvalue weighted by Gasteiger charge is -2.25. The summed E-state index contributed by atoms with van der Waals surface area (Å²) in [6, 6.07) is 12.4. The van der Waals surface area contributed by atoms with Crippen molar-refractivity contribution in [3.63, 3.8) is 0 Å². The number of benzene rings is 2. The maximum absolute atomic E-state index is 12.9. The second kappa shape index (κ2) is 9.05. The minimum atomic E-state index is -3.87. The Labute approximate surface area is 195 Å². The first-order valence-electron chi connectivity index (χ1n) is 10.3. The van der Waals surface area contributed by atoms with Gasteiger partial charge in [-0.1, -0.05) is 12.1 Å². The maximum Gasteiger partial charge on any atom is 0.247 e. The molecule has 1 heterocycles. The predicted molar refractivity (Wildman–Crippen MR) is 126 cm³/mol. The minimum absolute atomic E-state index is 0.0261. The molecule has 33 heavy (non-hydrogen) atoms. The highest BCUT2D eigenvalue weighted by atomic mass is 32.2.